The summed E-state index contributed by atoms with van der Waals surface area (Å²) in [5.74, 6) is 3.19. The van der Waals surface area contributed by atoms with Crippen LogP contribution in [0.4, 0.5) is 0 Å². The molecule has 3 rings (SSSR count). The Labute approximate surface area is 192 Å². The summed E-state index contributed by atoms with van der Waals surface area (Å²) in [6, 6.07) is 14.0. The molecule has 0 saturated heterocycles. The van der Waals surface area contributed by atoms with E-state index in [0.29, 0.717) is 29.6 Å². The van der Waals surface area contributed by atoms with E-state index in [0.717, 1.165) is 11.7 Å². The minimum absolute atomic E-state index is 0.399. The van der Waals surface area contributed by atoms with Crippen molar-refractivity contribution in [2.45, 2.75) is 58.3 Å². The molecule has 0 N–H and O–H groups in total. The molecule has 0 atom stereocenters. The van der Waals surface area contributed by atoms with Crippen molar-refractivity contribution in [1.82, 2.24) is 0 Å². The lowest BCUT2D eigenvalue weighted by atomic mass is 9.79. The summed E-state index contributed by atoms with van der Waals surface area (Å²) in [5, 5.41) is 0. The molecule has 0 aliphatic heterocycles. The quantitative estimate of drug-likeness (QED) is 0.161. The number of benzene rings is 2. The van der Waals surface area contributed by atoms with E-state index < -0.39 is 5.97 Å². The van der Waals surface area contributed by atoms with Gasteiger partial charge in [0.1, 0.15) is 23.9 Å². The normalized spacial score (nSPS) is 18.4. The van der Waals surface area contributed by atoms with Crippen molar-refractivity contribution >= 4 is 5.97 Å². The summed E-state index contributed by atoms with van der Waals surface area (Å²) in [4.78, 5) is 12.2. The molecular weight excluding hydrogens is 400 g/mol. The zero-order chi connectivity index (χ0) is 22.6. The summed E-state index contributed by atoms with van der Waals surface area (Å²) in [7, 11) is 1.59. The van der Waals surface area contributed by atoms with Crippen molar-refractivity contribution < 1.29 is 19.0 Å². The highest BCUT2D eigenvalue weighted by molar-refractivity contribution is 5.91. The Morgan fingerprint density at radius 2 is 1.56 bits per heavy atom. The number of hydrogen-bond donors (Lipinski definition) is 0. The summed E-state index contributed by atoms with van der Waals surface area (Å²) >= 11 is 0. The molecule has 0 radical (unpaired) electrons. The zero-order valence-corrected chi connectivity index (χ0v) is 19.4. The van der Waals surface area contributed by atoms with E-state index in [9.17, 15) is 4.79 Å². The first kappa shape index (κ1) is 23.9. The van der Waals surface area contributed by atoms with Gasteiger partial charge in [-0.1, -0.05) is 44.8 Å². The Balaban J connectivity index is 1.36. The van der Waals surface area contributed by atoms with Crippen LogP contribution >= 0.6 is 0 Å². The van der Waals surface area contributed by atoms with E-state index in [2.05, 4.69) is 19.1 Å². The maximum Gasteiger partial charge on any atom is 0.343 e. The number of allylic oxidation sites excluding steroid dienone is 1. The van der Waals surface area contributed by atoms with Gasteiger partial charge in [-0.25, -0.2) is 4.79 Å². The minimum atomic E-state index is -0.399. The number of ether oxygens (including phenoxy) is 3. The Morgan fingerprint density at radius 1 is 0.906 bits per heavy atom. The predicted octanol–water partition coefficient (Wildman–Crippen LogP) is 7.24. The van der Waals surface area contributed by atoms with E-state index in [-0.39, 0.29) is 0 Å². The van der Waals surface area contributed by atoms with Gasteiger partial charge in [0.2, 0.25) is 0 Å². The van der Waals surface area contributed by atoms with Crippen LogP contribution < -0.4 is 14.2 Å². The number of carbonyl (C=O) groups excluding carboxylic acids is 1. The first-order valence-electron chi connectivity index (χ1n) is 11.9. The third-order valence-corrected chi connectivity index (χ3v) is 6.22. The lowest BCUT2D eigenvalue weighted by Crippen LogP contribution is -2.13. The van der Waals surface area contributed by atoms with Gasteiger partial charge < -0.3 is 14.2 Å². The molecule has 0 unspecified atom stereocenters. The number of hydrogen-bond acceptors (Lipinski definition) is 4. The van der Waals surface area contributed by atoms with Crippen molar-refractivity contribution in [2.75, 3.05) is 13.7 Å². The molecule has 0 spiro atoms. The summed E-state index contributed by atoms with van der Waals surface area (Å²) in [5.41, 5.74) is 0.478. The minimum Gasteiger partial charge on any atom is -0.497 e. The smallest absolute Gasteiger partial charge is 0.343 e. The number of unbranched alkanes of at least 4 members (excludes halogenated alkanes) is 2. The maximum atomic E-state index is 12.2. The lowest BCUT2D eigenvalue weighted by Gasteiger charge is -2.26. The Kier molecular flexibility index (Phi) is 9.67. The highest BCUT2D eigenvalue weighted by Gasteiger charge is 2.18. The fourth-order valence-electron chi connectivity index (χ4n) is 4.24. The van der Waals surface area contributed by atoms with Crippen molar-refractivity contribution in [1.29, 1.82) is 0 Å². The molecule has 4 nitrogen and oxygen atoms in total. The van der Waals surface area contributed by atoms with Gasteiger partial charge in [-0.2, -0.15) is 0 Å². The van der Waals surface area contributed by atoms with Gasteiger partial charge in [0, 0.05) is 0 Å². The molecule has 1 aliphatic rings. The topological polar surface area (TPSA) is 44.8 Å². The molecule has 0 heterocycles. The Hall–Kier alpha value is -2.75. The van der Waals surface area contributed by atoms with Crippen LogP contribution in [0.25, 0.3) is 0 Å². The first-order chi connectivity index (χ1) is 15.7. The molecular formula is C28H36O4. The van der Waals surface area contributed by atoms with Gasteiger partial charge in [-0.05, 0) is 86.1 Å². The van der Waals surface area contributed by atoms with Gasteiger partial charge >= 0.3 is 5.97 Å². The van der Waals surface area contributed by atoms with Crippen LogP contribution in [0.5, 0.6) is 17.2 Å². The largest absolute Gasteiger partial charge is 0.497 e. The van der Waals surface area contributed by atoms with Gasteiger partial charge in [0.25, 0.3) is 0 Å². The molecule has 0 bridgehead atoms. The van der Waals surface area contributed by atoms with Crippen molar-refractivity contribution in [3.8, 4) is 17.2 Å². The summed E-state index contributed by atoms with van der Waals surface area (Å²) in [6.45, 7) is 2.83. The fourth-order valence-corrected chi connectivity index (χ4v) is 4.24. The highest BCUT2D eigenvalue weighted by atomic mass is 16.5. The molecule has 1 aliphatic carbocycles. The van der Waals surface area contributed by atoms with Crippen molar-refractivity contribution in [2.24, 2.45) is 11.8 Å². The number of carbonyl (C=O) groups is 1. The maximum absolute atomic E-state index is 12.2. The second-order valence-corrected chi connectivity index (χ2v) is 8.61. The average molecular weight is 437 g/mol. The van der Waals surface area contributed by atoms with Crippen LogP contribution in [-0.4, -0.2) is 19.7 Å². The monoisotopic (exact) mass is 436 g/mol. The SMILES string of the molecule is CCCCC[C@H]1CC[C@H](/C=C/COc2ccc(OC(=O)c3ccc(OC)cc3)cc2)CC1. The zero-order valence-electron chi connectivity index (χ0n) is 19.4. The van der Waals surface area contributed by atoms with E-state index in [4.69, 9.17) is 14.2 Å². The highest BCUT2D eigenvalue weighted by Crippen LogP contribution is 2.32. The van der Waals surface area contributed by atoms with Crippen LogP contribution in [0.2, 0.25) is 0 Å². The molecule has 2 aromatic rings. The van der Waals surface area contributed by atoms with Gasteiger partial charge in [-0.15, -0.1) is 0 Å². The van der Waals surface area contributed by atoms with E-state index >= 15 is 0 Å². The fraction of sp³-hybridized carbons (Fsp3) is 0.464. The molecule has 1 fully saturated rings. The van der Waals surface area contributed by atoms with Gasteiger partial charge in [0.05, 0.1) is 12.7 Å². The molecule has 1 saturated carbocycles. The molecule has 32 heavy (non-hydrogen) atoms. The third-order valence-electron chi connectivity index (χ3n) is 6.22. The second-order valence-electron chi connectivity index (χ2n) is 8.61. The van der Waals surface area contributed by atoms with E-state index in [1.807, 2.05) is 12.1 Å². The molecule has 0 aromatic heterocycles. The van der Waals surface area contributed by atoms with E-state index in [1.54, 1.807) is 43.5 Å². The summed E-state index contributed by atoms with van der Waals surface area (Å²) < 4.78 is 16.3. The Bertz CT molecular complexity index is 831. The van der Waals surface area contributed by atoms with Crippen molar-refractivity contribution in [3.05, 3.63) is 66.2 Å². The van der Waals surface area contributed by atoms with Crippen molar-refractivity contribution in [3.63, 3.8) is 0 Å². The molecule has 0 amide bonds. The second kappa shape index (κ2) is 12.9. The van der Waals surface area contributed by atoms with Crippen LogP contribution in [-0.2, 0) is 0 Å². The van der Waals surface area contributed by atoms with E-state index in [1.165, 1.54) is 51.4 Å². The molecule has 172 valence electrons. The lowest BCUT2D eigenvalue weighted by molar-refractivity contribution is 0.0734. The number of rotatable bonds is 11. The molecule has 2 aromatic carbocycles. The van der Waals surface area contributed by atoms with Crippen LogP contribution in [0, 0.1) is 11.8 Å². The average Bonchev–Trinajstić information content (AvgIpc) is 2.84. The third kappa shape index (κ3) is 7.74. The molecule has 4 heteroatoms. The summed E-state index contributed by atoms with van der Waals surface area (Å²) in [6.07, 6.45) is 15.3. The van der Waals surface area contributed by atoms with Crippen LogP contribution in [0.1, 0.15) is 68.6 Å². The van der Waals surface area contributed by atoms with Crippen LogP contribution in [0.3, 0.4) is 0 Å². The predicted molar refractivity (Wildman–Crippen MR) is 129 cm³/mol. The number of methoxy groups -OCH3 is 1. The first-order valence-corrected chi connectivity index (χ1v) is 11.9. The van der Waals surface area contributed by atoms with Gasteiger partial charge in [-0.3, -0.25) is 0 Å². The van der Waals surface area contributed by atoms with Crippen LogP contribution in [0.15, 0.2) is 60.7 Å². The van der Waals surface area contributed by atoms with Gasteiger partial charge in [0.15, 0.2) is 0 Å². The number of esters is 1. The standard InChI is InChI=1S/C28H36O4/c1-3-4-5-7-22-9-11-23(12-10-22)8-6-21-31-26-17-19-27(20-18-26)32-28(29)24-13-15-25(30-2)16-14-24/h6,8,13-20,22-23H,3-5,7,9-12,21H2,1-2H3/b8-6+/t22-,23-. The Morgan fingerprint density at radius 3 is 2.22 bits per heavy atom.